The van der Waals surface area contributed by atoms with E-state index in [4.69, 9.17) is 14.2 Å². The largest absolute Gasteiger partial charge is 0.379 e. The Morgan fingerprint density at radius 1 is 0.896 bits per heavy atom. The number of nitrogens with one attached hydrogen (secondary N) is 2. The van der Waals surface area contributed by atoms with Crippen LogP contribution >= 0.6 is 0 Å². The Kier molecular flexibility index (Phi) is 10.1. The van der Waals surface area contributed by atoms with Gasteiger partial charge in [-0.15, -0.1) is 0 Å². The molecule has 8 aliphatic rings. The molecule has 11 atom stereocenters. The second-order valence-corrected chi connectivity index (χ2v) is 15.9. The molecule has 8 rings (SSSR count). The minimum atomic E-state index is -1.23. The molecule has 0 spiro atoms. The predicted octanol–water partition coefficient (Wildman–Crippen LogP) is 1.03. The fourth-order valence-electron chi connectivity index (χ4n) is 10.5. The fourth-order valence-corrected chi connectivity index (χ4v) is 10.5. The SMILES string of the molecule is CN1CCN(CCCNC(=O)C2=CN3C4CC5OC6CCCCC6C5CC4OC4C(NCCN5CCOCC5)C(F)CC(C2=O)C43)CC1. The van der Waals surface area contributed by atoms with Crippen molar-refractivity contribution in [1.29, 1.82) is 0 Å². The quantitative estimate of drug-likeness (QED) is 0.273. The Bertz CT molecular complexity index is 1200. The first kappa shape index (κ1) is 33.5. The molecule has 0 aromatic carbocycles. The molecule has 268 valence electrons. The summed E-state index contributed by atoms with van der Waals surface area (Å²) < 4.78 is 35.5. The van der Waals surface area contributed by atoms with Gasteiger partial charge in [-0.25, -0.2) is 4.39 Å². The van der Waals surface area contributed by atoms with E-state index in [9.17, 15) is 9.59 Å². The molecule has 1 amide bonds. The van der Waals surface area contributed by atoms with Crippen LogP contribution < -0.4 is 10.6 Å². The maximum Gasteiger partial charge on any atom is 0.256 e. The Morgan fingerprint density at radius 2 is 1.69 bits per heavy atom. The molecule has 0 aromatic rings. The number of hydrogen-bond donors (Lipinski definition) is 2. The van der Waals surface area contributed by atoms with Gasteiger partial charge < -0.3 is 39.5 Å². The number of fused-ring (bicyclic) bond motifs is 5. The minimum absolute atomic E-state index is 0.00782. The summed E-state index contributed by atoms with van der Waals surface area (Å²) in [6.45, 7) is 10.4. The molecular formula is C36H57FN6O5. The number of ketones is 1. The first-order valence-electron chi connectivity index (χ1n) is 19.2. The van der Waals surface area contributed by atoms with E-state index < -0.39 is 24.2 Å². The van der Waals surface area contributed by atoms with Gasteiger partial charge in [0.15, 0.2) is 5.78 Å². The van der Waals surface area contributed by atoms with Crippen molar-refractivity contribution in [2.75, 3.05) is 85.7 Å². The van der Waals surface area contributed by atoms with Crippen molar-refractivity contribution in [1.82, 2.24) is 30.2 Å². The van der Waals surface area contributed by atoms with Crippen LogP contribution in [-0.2, 0) is 23.8 Å². The number of nitrogens with zero attached hydrogens (tertiary/aromatic N) is 4. The van der Waals surface area contributed by atoms with Crippen LogP contribution in [0.25, 0.3) is 0 Å². The van der Waals surface area contributed by atoms with E-state index in [1.165, 1.54) is 19.3 Å². The lowest BCUT2D eigenvalue weighted by Gasteiger charge is -2.60. The summed E-state index contributed by atoms with van der Waals surface area (Å²) in [4.78, 5) is 37.1. The fraction of sp³-hybridized carbons (Fsp3) is 0.889. The second-order valence-electron chi connectivity index (χ2n) is 15.9. The molecule has 2 N–H and O–H groups in total. The monoisotopic (exact) mass is 672 g/mol. The molecule has 4 saturated heterocycles. The van der Waals surface area contributed by atoms with Crippen molar-refractivity contribution in [2.24, 2.45) is 17.8 Å². The summed E-state index contributed by atoms with van der Waals surface area (Å²) in [6, 6.07) is -0.782. The van der Waals surface area contributed by atoms with Crippen LogP contribution in [0.4, 0.5) is 4.39 Å². The third-order valence-corrected chi connectivity index (χ3v) is 13.1. The molecule has 11 unspecified atom stereocenters. The Balaban J connectivity index is 0.997. The van der Waals surface area contributed by atoms with Gasteiger partial charge >= 0.3 is 0 Å². The topological polar surface area (TPSA) is 98.8 Å². The molecular weight excluding hydrogens is 615 g/mol. The van der Waals surface area contributed by atoms with Crippen LogP contribution in [0.2, 0.25) is 0 Å². The second kappa shape index (κ2) is 14.5. The summed E-state index contributed by atoms with van der Waals surface area (Å²) in [5, 5.41) is 6.61. The van der Waals surface area contributed by atoms with Crippen LogP contribution in [0.3, 0.4) is 0 Å². The maximum absolute atomic E-state index is 16.3. The van der Waals surface area contributed by atoms with Crippen LogP contribution in [-0.4, -0.2) is 166 Å². The smallest absolute Gasteiger partial charge is 0.256 e. The van der Waals surface area contributed by atoms with Crippen molar-refractivity contribution < 1.29 is 28.2 Å². The van der Waals surface area contributed by atoms with E-state index in [1.807, 2.05) is 6.20 Å². The van der Waals surface area contributed by atoms with Crippen molar-refractivity contribution in [2.45, 2.75) is 100 Å². The van der Waals surface area contributed by atoms with Crippen molar-refractivity contribution in [3.05, 3.63) is 11.8 Å². The van der Waals surface area contributed by atoms with Gasteiger partial charge in [-0.3, -0.25) is 14.5 Å². The molecule has 7 fully saturated rings. The van der Waals surface area contributed by atoms with Gasteiger partial charge in [-0.1, -0.05) is 12.8 Å². The van der Waals surface area contributed by atoms with Crippen LogP contribution in [0.1, 0.15) is 51.4 Å². The number of rotatable bonds is 9. The zero-order valence-corrected chi connectivity index (χ0v) is 28.8. The van der Waals surface area contributed by atoms with Crippen molar-refractivity contribution in [3.8, 4) is 0 Å². The molecule has 5 heterocycles. The van der Waals surface area contributed by atoms with E-state index in [-0.39, 0.29) is 48.0 Å². The Morgan fingerprint density at radius 3 is 2.52 bits per heavy atom. The van der Waals surface area contributed by atoms with Crippen LogP contribution in [0.5, 0.6) is 0 Å². The van der Waals surface area contributed by atoms with E-state index in [0.29, 0.717) is 31.0 Å². The normalized spacial score (nSPS) is 42.0. The summed E-state index contributed by atoms with van der Waals surface area (Å²) in [7, 11) is 2.15. The zero-order valence-electron chi connectivity index (χ0n) is 28.8. The summed E-state index contributed by atoms with van der Waals surface area (Å²) in [5.74, 6) is -0.128. The Hall–Kier alpha value is -1.67. The number of piperazine rings is 1. The van der Waals surface area contributed by atoms with Gasteiger partial charge in [0.2, 0.25) is 0 Å². The number of alkyl halides is 1. The number of likely N-dealkylation sites (N-methyl/N-ethyl adjacent to an activating group) is 1. The number of hydrogen-bond acceptors (Lipinski definition) is 10. The lowest BCUT2D eigenvalue weighted by molar-refractivity contribution is -0.209. The van der Waals surface area contributed by atoms with Crippen LogP contribution in [0, 0.1) is 17.8 Å². The highest BCUT2D eigenvalue weighted by atomic mass is 19.1. The number of morpholine rings is 2. The maximum atomic E-state index is 16.3. The molecule has 5 aliphatic heterocycles. The number of halogens is 1. The number of amides is 1. The standard InChI is InChI=1S/C36H57FN6O5/c1-40-11-13-41(14-12-40)9-4-7-39-36(45)26-22-43-28-21-30-24(23-5-2-3-6-29(23)47-30)20-31(28)48-35-32(27(37)19-25(33(35)43)34(26)44)38-8-10-42-15-17-46-18-16-42/h22-25,27-33,35,38H,2-21H2,1H3,(H,39,45). The lowest BCUT2D eigenvalue weighted by Crippen LogP contribution is -2.73. The molecule has 11 nitrogen and oxygen atoms in total. The van der Waals surface area contributed by atoms with Crippen LogP contribution in [0.15, 0.2) is 11.8 Å². The Labute approximate surface area is 285 Å². The van der Waals surface area contributed by atoms with Gasteiger partial charge in [0.05, 0.1) is 61.3 Å². The molecule has 48 heavy (non-hydrogen) atoms. The van der Waals surface area contributed by atoms with E-state index in [2.05, 4.69) is 37.3 Å². The minimum Gasteiger partial charge on any atom is -0.379 e. The summed E-state index contributed by atoms with van der Waals surface area (Å²) in [6.07, 6.45) is 8.09. The molecule has 0 radical (unpaired) electrons. The van der Waals surface area contributed by atoms with E-state index >= 15 is 4.39 Å². The third kappa shape index (κ3) is 6.60. The highest BCUT2D eigenvalue weighted by Gasteiger charge is 2.61. The molecule has 0 bridgehead atoms. The zero-order chi connectivity index (χ0) is 32.8. The molecule has 12 heteroatoms. The van der Waals surface area contributed by atoms with Crippen molar-refractivity contribution >= 4 is 11.7 Å². The average molecular weight is 673 g/mol. The van der Waals surface area contributed by atoms with Crippen molar-refractivity contribution in [3.63, 3.8) is 0 Å². The first-order chi connectivity index (χ1) is 23.4. The number of Topliss-reactive ketones (excluding diaryl/α,β-unsaturated/α-hetero) is 1. The average Bonchev–Trinajstić information content (AvgIpc) is 3.46. The van der Waals surface area contributed by atoms with E-state index in [1.54, 1.807) is 0 Å². The first-order valence-corrected chi connectivity index (χ1v) is 19.2. The lowest BCUT2D eigenvalue weighted by atomic mass is 9.67. The van der Waals surface area contributed by atoms with E-state index in [0.717, 1.165) is 91.3 Å². The van der Waals surface area contributed by atoms with Gasteiger partial charge in [-0.2, -0.15) is 0 Å². The molecule has 3 saturated carbocycles. The number of carbonyl (C=O) groups excluding carboxylic acids is 2. The molecule has 0 aromatic heterocycles. The number of carbonyl (C=O) groups is 2. The third-order valence-electron chi connectivity index (χ3n) is 13.1. The van der Waals surface area contributed by atoms with Gasteiger partial charge in [-0.05, 0) is 64.0 Å². The number of ether oxygens (including phenoxy) is 3. The summed E-state index contributed by atoms with van der Waals surface area (Å²) >= 11 is 0. The predicted molar refractivity (Wildman–Crippen MR) is 178 cm³/mol. The highest BCUT2D eigenvalue weighted by Crippen LogP contribution is 2.52. The highest BCUT2D eigenvalue weighted by molar-refractivity contribution is 6.20. The van der Waals surface area contributed by atoms with Gasteiger partial charge in [0.1, 0.15) is 6.17 Å². The molecule has 3 aliphatic carbocycles. The summed E-state index contributed by atoms with van der Waals surface area (Å²) in [5.41, 5.74) is 0.185. The van der Waals surface area contributed by atoms with Gasteiger partial charge in [0.25, 0.3) is 5.91 Å². The van der Waals surface area contributed by atoms with Gasteiger partial charge in [0, 0.05) is 71.0 Å².